The van der Waals surface area contributed by atoms with Crippen LogP contribution in [0.25, 0.3) is 0 Å². The Hall–Kier alpha value is -1.75. The topological polar surface area (TPSA) is 78.6 Å². The number of rotatable bonds is 5. The summed E-state index contributed by atoms with van der Waals surface area (Å²) in [6.45, 7) is 0.566. The molecular weight excluding hydrogens is 258 g/mol. The van der Waals surface area contributed by atoms with Crippen molar-refractivity contribution in [1.82, 2.24) is 0 Å². The van der Waals surface area contributed by atoms with E-state index in [1.54, 1.807) is 0 Å². The summed E-state index contributed by atoms with van der Waals surface area (Å²) in [4.78, 5) is 21.5. The molecule has 1 aromatic rings. The van der Waals surface area contributed by atoms with Gasteiger partial charge in [-0.15, -0.1) is 0 Å². The summed E-state index contributed by atoms with van der Waals surface area (Å²) in [5, 5.41) is 0.301. The number of carbonyl (C=O) groups is 2. The Morgan fingerprint density at radius 1 is 1.44 bits per heavy atom. The lowest BCUT2D eigenvalue weighted by Crippen LogP contribution is -2.17. The average Bonchev–Trinajstić information content (AvgIpc) is 3.12. The van der Waals surface area contributed by atoms with E-state index in [9.17, 15) is 9.59 Å². The standard InChI is InChI=1S/C12H12ClNO4/c13-9-3-8(5-15)10(18-12(14)16)4-11(9)17-6-7-1-2-7/h3-5,7H,1-2,6H2,(H2,14,16). The maximum Gasteiger partial charge on any atom is 0.409 e. The highest BCUT2D eigenvalue weighted by molar-refractivity contribution is 6.32. The average molecular weight is 270 g/mol. The van der Waals surface area contributed by atoms with Crippen molar-refractivity contribution < 1.29 is 19.1 Å². The lowest BCUT2D eigenvalue weighted by Gasteiger charge is -2.11. The molecule has 18 heavy (non-hydrogen) atoms. The van der Waals surface area contributed by atoms with Gasteiger partial charge in [0.05, 0.1) is 17.2 Å². The van der Waals surface area contributed by atoms with Crippen LogP contribution in [0, 0.1) is 5.92 Å². The highest BCUT2D eigenvalue weighted by Gasteiger charge is 2.23. The van der Waals surface area contributed by atoms with E-state index in [1.165, 1.54) is 12.1 Å². The Bertz CT molecular complexity index is 485. The Morgan fingerprint density at radius 2 is 2.17 bits per heavy atom. The molecule has 0 atom stereocenters. The maximum absolute atomic E-state index is 10.8. The van der Waals surface area contributed by atoms with Crippen LogP contribution in [0.3, 0.4) is 0 Å². The quantitative estimate of drug-likeness (QED) is 0.833. The minimum atomic E-state index is -0.992. The van der Waals surface area contributed by atoms with Crippen molar-refractivity contribution in [3.63, 3.8) is 0 Å². The molecule has 1 saturated carbocycles. The van der Waals surface area contributed by atoms with E-state index < -0.39 is 6.09 Å². The van der Waals surface area contributed by atoms with Gasteiger partial charge in [0, 0.05) is 6.07 Å². The molecule has 2 rings (SSSR count). The van der Waals surface area contributed by atoms with Crippen LogP contribution in [0.2, 0.25) is 5.02 Å². The van der Waals surface area contributed by atoms with Gasteiger partial charge in [-0.1, -0.05) is 11.6 Å². The second-order valence-corrected chi connectivity index (χ2v) is 4.52. The Labute approximate surface area is 109 Å². The van der Waals surface area contributed by atoms with Crippen LogP contribution in [0.5, 0.6) is 11.5 Å². The summed E-state index contributed by atoms with van der Waals surface area (Å²) < 4.78 is 10.2. The first-order valence-electron chi connectivity index (χ1n) is 5.49. The van der Waals surface area contributed by atoms with Crippen molar-refractivity contribution in [3.8, 4) is 11.5 Å². The van der Waals surface area contributed by atoms with Gasteiger partial charge in [0.15, 0.2) is 6.29 Å². The zero-order chi connectivity index (χ0) is 13.1. The number of halogens is 1. The SMILES string of the molecule is NC(=O)Oc1cc(OCC2CC2)c(Cl)cc1C=O. The molecule has 1 amide bonds. The molecule has 1 aliphatic rings. The largest absolute Gasteiger partial charge is 0.492 e. The van der Waals surface area contributed by atoms with E-state index in [4.69, 9.17) is 26.8 Å². The van der Waals surface area contributed by atoms with E-state index in [0.29, 0.717) is 29.6 Å². The summed E-state index contributed by atoms with van der Waals surface area (Å²) in [6, 6.07) is 2.79. The van der Waals surface area contributed by atoms with Gasteiger partial charge < -0.3 is 15.2 Å². The third-order valence-electron chi connectivity index (χ3n) is 2.57. The maximum atomic E-state index is 10.8. The number of carbonyl (C=O) groups excluding carboxylic acids is 2. The minimum Gasteiger partial charge on any atom is -0.492 e. The number of hydrogen-bond donors (Lipinski definition) is 1. The van der Waals surface area contributed by atoms with Crippen molar-refractivity contribution in [1.29, 1.82) is 0 Å². The highest BCUT2D eigenvalue weighted by atomic mass is 35.5. The summed E-state index contributed by atoms with van der Waals surface area (Å²) in [5.74, 6) is 0.991. The van der Waals surface area contributed by atoms with E-state index in [0.717, 1.165) is 12.8 Å². The molecule has 96 valence electrons. The molecule has 1 aliphatic carbocycles. The second kappa shape index (κ2) is 5.27. The number of nitrogens with two attached hydrogens (primary N) is 1. The zero-order valence-corrected chi connectivity index (χ0v) is 10.3. The van der Waals surface area contributed by atoms with E-state index >= 15 is 0 Å². The highest BCUT2D eigenvalue weighted by Crippen LogP contribution is 2.35. The minimum absolute atomic E-state index is 0.0488. The monoisotopic (exact) mass is 269 g/mol. The smallest absolute Gasteiger partial charge is 0.409 e. The summed E-state index contributed by atoms with van der Waals surface area (Å²) >= 11 is 5.96. The van der Waals surface area contributed by atoms with Crippen LogP contribution in [-0.2, 0) is 0 Å². The fourth-order valence-corrected chi connectivity index (χ4v) is 1.67. The van der Waals surface area contributed by atoms with Gasteiger partial charge in [-0.2, -0.15) is 0 Å². The van der Waals surface area contributed by atoms with Crippen LogP contribution < -0.4 is 15.2 Å². The predicted molar refractivity (Wildman–Crippen MR) is 65.3 cm³/mol. The van der Waals surface area contributed by atoms with E-state index in [1.807, 2.05) is 0 Å². The van der Waals surface area contributed by atoms with Crippen molar-refractivity contribution in [2.24, 2.45) is 11.7 Å². The van der Waals surface area contributed by atoms with Gasteiger partial charge in [-0.25, -0.2) is 4.79 Å². The molecule has 1 aromatic carbocycles. The van der Waals surface area contributed by atoms with Gasteiger partial charge >= 0.3 is 6.09 Å². The van der Waals surface area contributed by atoms with Gasteiger partial charge in [0.25, 0.3) is 0 Å². The van der Waals surface area contributed by atoms with Crippen molar-refractivity contribution in [3.05, 3.63) is 22.7 Å². The third kappa shape index (κ3) is 3.13. The molecule has 0 bridgehead atoms. The molecule has 0 saturated heterocycles. The molecule has 6 heteroatoms. The number of ether oxygens (including phenoxy) is 2. The summed E-state index contributed by atoms with van der Waals surface area (Å²) in [5.41, 5.74) is 5.07. The molecule has 0 spiro atoms. The van der Waals surface area contributed by atoms with Crippen LogP contribution in [0.15, 0.2) is 12.1 Å². The van der Waals surface area contributed by atoms with Gasteiger partial charge in [-0.3, -0.25) is 4.79 Å². The number of benzene rings is 1. The lowest BCUT2D eigenvalue weighted by molar-refractivity contribution is 0.112. The summed E-state index contributed by atoms with van der Waals surface area (Å²) in [7, 11) is 0. The van der Waals surface area contributed by atoms with E-state index in [-0.39, 0.29) is 11.3 Å². The predicted octanol–water partition coefficient (Wildman–Crippen LogP) is 2.40. The third-order valence-corrected chi connectivity index (χ3v) is 2.87. The van der Waals surface area contributed by atoms with Gasteiger partial charge in [-0.05, 0) is 24.8 Å². The van der Waals surface area contributed by atoms with Crippen LogP contribution in [-0.4, -0.2) is 19.0 Å². The van der Waals surface area contributed by atoms with E-state index in [2.05, 4.69) is 0 Å². The molecular formula is C12H12ClNO4. The normalized spacial score (nSPS) is 14.1. The molecule has 0 aliphatic heterocycles. The molecule has 5 nitrogen and oxygen atoms in total. The Kier molecular flexibility index (Phi) is 3.72. The second-order valence-electron chi connectivity index (χ2n) is 4.11. The number of amides is 1. The van der Waals surface area contributed by atoms with Crippen molar-refractivity contribution in [2.75, 3.05) is 6.61 Å². The Balaban J connectivity index is 2.21. The first-order chi connectivity index (χ1) is 8.60. The number of hydrogen-bond acceptors (Lipinski definition) is 4. The molecule has 2 N–H and O–H groups in total. The van der Waals surface area contributed by atoms with Gasteiger partial charge in [0.2, 0.25) is 0 Å². The van der Waals surface area contributed by atoms with Gasteiger partial charge in [0.1, 0.15) is 11.5 Å². The number of aldehydes is 1. The first-order valence-corrected chi connectivity index (χ1v) is 5.86. The summed E-state index contributed by atoms with van der Waals surface area (Å²) in [6.07, 6.45) is 1.84. The fourth-order valence-electron chi connectivity index (χ4n) is 1.44. The van der Waals surface area contributed by atoms with Crippen LogP contribution in [0.4, 0.5) is 4.79 Å². The zero-order valence-electron chi connectivity index (χ0n) is 9.52. The molecule has 1 fully saturated rings. The molecule has 0 aromatic heterocycles. The first kappa shape index (κ1) is 12.7. The fraction of sp³-hybridized carbons (Fsp3) is 0.333. The molecule has 0 heterocycles. The van der Waals surface area contributed by atoms with Crippen molar-refractivity contribution >= 4 is 24.0 Å². The van der Waals surface area contributed by atoms with Crippen molar-refractivity contribution in [2.45, 2.75) is 12.8 Å². The molecule has 0 unspecified atom stereocenters. The van der Waals surface area contributed by atoms with Crippen LogP contribution in [0.1, 0.15) is 23.2 Å². The lowest BCUT2D eigenvalue weighted by atomic mass is 10.2. The van der Waals surface area contributed by atoms with Crippen LogP contribution >= 0.6 is 11.6 Å². The molecule has 0 radical (unpaired) electrons. The number of primary amides is 1. The Morgan fingerprint density at radius 3 is 2.72 bits per heavy atom.